The molecule has 2 heterocycles. The molecule has 0 N–H and O–H groups in total. The molecule has 1 aromatic heterocycles. The van der Waals surface area contributed by atoms with Crippen LogP contribution in [0.25, 0.3) is 11.4 Å². The summed E-state index contributed by atoms with van der Waals surface area (Å²) in [5.41, 5.74) is 0.491. The molecular weight excluding hydrogens is 311 g/mol. The molecule has 1 aliphatic heterocycles. The van der Waals surface area contributed by atoms with Gasteiger partial charge in [-0.25, -0.2) is 9.07 Å². The molecule has 0 aliphatic carbocycles. The van der Waals surface area contributed by atoms with Crippen molar-refractivity contribution in [3.8, 4) is 11.4 Å². The molecule has 0 bridgehead atoms. The molecule has 4 nitrogen and oxygen atoms in total. The molecular formula is C17H23FN4S. The van der Waals surface area contributed by atoms with E-state index in [1.165, 1.54) is 25.3 Å². The highest BCUT2D eigenvalue weighted by Crippen LogP contribution is 2.23. The summed E-state index contributed by atoms with van der Waals surface area (Å²) >= 11 is 5.51. The van der Waals surface area contributed by atoms with E-state index < -0.39 is 0 Å². The average molecular weight is 334 g/mol. The van der Waals surface area contributed by atoms with Gasteiger partial charge in [0.15, 0.2) is 10.6 Å². The maximum absolute atomic E-state index is 14.1. The minimum Gasteiger partial charge on any atom is -0.303 e. The fourth-order valence-corrected chi connectivity index (χ4v) is 3.52. The predicted molar refractivity (Wildman–Crippen MR) is 92.1 cm³/mol. The molecule has 0 unspecified atom stereocenters. The molecule has 0 saturated carbocycles. The van der Waals surface area contributed by atoms with Gasteiger partial charge in [-0.05, 0) is 43.6 Å². The minimum absolute atomic E-state index is 0.271. The number of hydrogen-bond donors (Lipinski definition) is 0. The topological polar surface area (TPSA) is 26.0 Å². The highest BCUT2D eigenvalue weighted by Gasteiger charge is 2.22. The number of halogens is 1. The first-order valence-corrected chi connectivity index (χ1v) is 8.65. The SMILES string of the molecule is CC[C@@H]1CCCCN1Cn1nc(-c2ccccc2F)n(C)c1=S. The van der Waals surface area contributed by atoms with Gasteiger partial charge in [-0.2, -0.15) is 5.10 Å². The molecule has 2 aromatic rings. The molecule has 1 atom stereocenters. The van der Waals surface area contributed by atoms with Crippen LogP contribution in [0.15, 0.2) is 24.3 Å². The van der Waals surface area contributed by atoms with E-state index in [0.29, 0.717) is 28.9 Å². The molecule has 3 rings (SSSR count). The first kappa shape index (κ1) is 16.3. The third-order valence-corrected chi connectivity index (χ3v) is 5.18. The average Bonchev–Trinajstić information content (AvgIpc) is 2.84. The second-order valence-corrected chi connectivity index (χ2v) is 6.52. The third kappa shape index (κ3) is 3.23. The molecule has 1 fully saturated rings. The molecule has 1 saturated heterocycles. The lowest BCUT2D eigenvalue weighted by atomic mass is 10.0. The number of rotatable bonds is 4. The van der Waals surface area contributed by atoms with E-state index in [4.69, 9.17) is 12.2 Å². The van der Waals surface area contributed by atoms with Crippen LogP contribution in [0.3, 0.4) is 0 Å². The van der Waals surface area contributed by atoms with Crippen molar-refractivity contribution >= 4 is 12.2 Å². The number of nitrogens with zero attached hydrogens (tertiary/aromatic N) is 4. The fourth-order valence-electron chi connectivity index (χ4n) is 3.34. The molecule has 6 heteroatoms. The smallest absolute Gasteiger partial charge is 0.199 e. The fraction of sp³-hybridized carbons (Fsp3) is 0.529. The Balaban J connectivity index is 1.91. The Hall–Kier alpha value is -1.53. The summed E-state index contributed by atoms with van der Waals surface area (Å²) in [6, 6.07) is 7.29. The highest BCUT2D eigenvalue weighted by molar-refractivity contribution is 7.71. The van der Waals surface area contributed by atoms with Crippen LogP contribution in [0.1, 0.15) is 32.6 Å². The molecule has 1 aliphatic rings. The molecule has 23 heavy (non-hydrogen) atoms. The van der Waals surface area contributed by atoms with E-state index >= 15 is 0 Å². The Morgan fingerprint density at radius 2 is 2.09 bits per heavy atom. The van der Waals surface area contributed by atoms with Crippen molar-refractivity contribution in [3.63, 3.8) is 0 Å². The zero-order chi connectivity index (χ0) is 16.4. The van der Waals surface area contributed by atoms with Crippen LogP contribution < -0.4 is 0 Å². The zero-order valence-corrected chi connectivity index (χ0v) is 14.5. The normalized spacial score (nSPS) is 19.2. The highest BCUT2D eigenvalue weighted by atomic mass is 32.1. The lowest BCUT2D eigenvalue weighted by Gasteiger charge is -2.34. The van der Waals surface area contributed by atoms with E-state index in [2.05, 4.69) is 16.9 Å². The Labute approximate surface area is 141 Å². The van der Waals surface area contributed by atoms with E-state index in [9.17, 15) is 4.39 Å². The van der Waals surface area contributed by atoms with Crippen molar-refractivity contribution in [2.24, 2.45) is 7.05 Å². The zero-order valence-electron chi connectivity index (χ0n) is 13.7. The van der Waals surface area contributed by atoms with E-state index in [1.54, 1.807) is 16.7 Å². The Bertz CT molecular complexity index is 736. The second-order valence-electron chi connectivity index (χ2n) is 6.16. The van der Waals surface area contributed by atoms with Crippen molar-refractivity contribution in [2.45, 2.75) is 45.3 Å². The summed E-state index contributed by atoms with van der Waals surface area (Å²) in [4.78, 5) is 2.44. The predicted octanol–water partition coefficient (Wildman–Crippen LogP) is 3.98. The molecule has 1 aromatic carbocycles. The lowest BCUT2D eigenvalue weighted by Crippen LogP contribution is -2.40. The van der Waals surface area contributed by atoms with Gasteiger partial charge in [0.1, 0.15) is 5.82 Å². The van der Waals surface area contributed by atoms with Crippen molar-refractivity contribution in [2.75, 3.05) is 6.54 Å². The number of aromatic nitrogens is 3. The molecule has 124 valence electrons. The van der Waals surface area contributed by atoms with Crippen LogP contribution in [0.2, 0.25) is 0 Å². The number of piperidine rings is 1. The summed E-state index contributed by atoms with van der Waals surface area (Å²) in [7, 11) is 1.85. The van der Waals surface area contributed by atoms with Gasteiger partial charge in [0.2, 0.25) is 0 Å². The van der Waals surface area contributed by atoms with Crippen molar-refractivity contribution in [1.29, 1.82) is 0 Å². The minimum atomic E-state index is -0.271. The standard InChI is InChI=1S/C17H23FN4S/c1-3-13-8-6-7-11-21(13)12-22-17(23)20(2)16(19-22)14-9-4-5-10-15(14)18/h4-5,9-10,13H,3,6-8,11-12H2,1-2H3/t13-/m1/s1. The lowest BCUT2D eigenvalue weighted by molar-refractivity contribution is 0.100. The summed E-state index contributed by atoms with van der Waals surface area (Å²) in [5.74, 6) is 0.310. The van der Waals surface area contributed by atoms with Gasteiger partial charge >= 0.3 is 0 Å². The van der Waals surface area contributed by atoms with Crippen molar-refractivity contribution < 1.29 is 4.39 Å². The molecule has 0 amide bonds. The van der Waals surface area contributed by atoms with Crippen molar-refractivity contribution in [3.05, 3.63) is 34.9 Å². The summed E-state index contributed by atoms with van der Waals surface area (Å²) in [5, 5.41) is 4.60. The number of benzene rings is 1. The Kier molecular flexibility index (Phi) is 4.92. The quantitative estimate of drug-likeness (QED) is 0.791. The van der Waals surface area contributed by atoms with Gasteiger partial charge in [0, 0.05) is 19.6 Å². The first-order chi connectivity index (χ1) is 11.1. The Morgan fingerprint density at radius 3 is 2.83 bits per heavy atom. The maximum Gasteiger partial charge on any atom is 0.199 e. The van der Waals surface area contributed by atoms with Gasteiger partial charge in [-0.3, -0.25) is 4.90 Å². The van der Waals surface area contributed by atoms with Crippen LogP contribution in [0.4, 0.5) is 4.39 Å². The van der Waals surface area contributed by atoms with E-state index in [0.717, 1.165) is 13.0 Å². The van der Waals surface area contributed by atoms with Crippen LogP contribution in [-0.2, 0) is 13.7 Å². The number of likely N-dealkylation sites (tertiary alicyclic amines) is 1. The van der Waals surface area contributed by atoms with Gasteiger partial charge in [0.05, 0.1) is 12.2 Å². The maximum atomic E-state index is 14.1. The van der Waals surface area contributed by atoms with Gasteiger partial charge in [0.25, 0.3) is 0 Å². The second kappa shape index (κ2) is 6.93. The summed E-state index contributed by atoms with van der Waals surface area (Å²) in [6.45, 7) is 3.98. The third-order valence-electron chi connectivity index (χ3n) is 4.69. The van der Waals surface area contributed by atoms with Crippen LogP contribution >= 0.6 is 12.2 Å². The van der Waals surface area contributed by atoms with Gasteiger partial charge < -0.3 is 4.57 Å². The summed E-state index contributed by atoms with van der Waals surface area (Å²) < 4.78 is 18.3. The van der Waals surface area contributed by atoms with Crippen molar-refractivity contribution in [1.82, 2.24) is 19.2 Å². The summed E-state index contributed by atoms with van der Waals surface area (Å²) in [6.07, 6.45) is 4.89. The number of hydrogen-bond acceptors (Lipinski definition) is 3. The molecule has 0 spiro atoms. The van der Waals surface area contributed by atoms with E-state index in [-0.39, 0.29) is 5.82 Å². The van der Waals surface area contributed by atoms with E-state index in [1.807, 2.05) is 17.8 Å². The first-order valence-electron chi connectivity index (χ1n) is 8.24. The van der Waals surface area contributed by atoms with Crippen LogP contribution in [-0.4, -0.2) is 31.8 Å². The largest absolute Gasteiger partial charge is 0.303 e. The monoisotopic (exact) mass is 334 g/mol. The molecule has 0 radical (unpaired) electrons. The Morgan fingerprint density at radius 1 is 1.30 bits per heavy atom. The van der Waals surface area contributed by atoms with Gasteiger partial charge in [-0.15, -0.1) is 0 Å². The van der Waals surface area contributed by atoms with Crippen LogP contribution in [0, 0.1) is 10.6 Å². The van der Waals surface area contributed by atoms with Crippen LogP contribution in [0.5, 0.6) is 0 Å². The van der Waals surface area contributed by atoms with Gasteiger partial charge in [-0.1, -0.05) is 25.5 Å².